The fraction of sp³-hybridized carbons (Fsp3) is 0.500. The Balaban J connectivity index is 1.61. The Morgan fingerprint density at radius 3 is 2.93 bits per heavy atom. The average molecular weight is 375 g/mol. The lowest BCUT2D eigenvalue weighted by Crippen LogP contribution is -2.45. The zero-order valence-electron chi connectivity index (χ0n) is 16.0. The van der Waals surface area contributed by atoms with Gasteiger partial charge in [-0.2, -0.15) is 5.10 Å². The van der Waals surface area contributed by atoms with Crippen LogP contribution in [-0.2, 0) is 9.47 Å². The maximum atomic E-state index is 14.0. The van der Waals surface area contributed by atoms with Gasteiger partial charge < -0.3 is 9.47 Å². The summed E-state index contributed by atoms with van der Waals surface area (Å²) in [5.74, 6) is -0.290. The summed E-state index contributed by atoms with van der Waals surface area (Å²) in [7, 11) is 0. The van der Waals surface area contributed by atoms with Crippen LogP contribution >= 0.6 is 0 Å². The second kappa shape index (κ2) is 8.63. The quantitative estimate of drug-likeness (QED) is 0.727. The molecule has 2 aromatic rings. The van der Waals surface area contributed by atoms with Crippen molar-refractivity contribution in [3.63, 3.8) is 0 Å². The first-order valence-electron chi connectivity index (χ1n) is 9.26. The van der Waals surface area contributed by atoms with Gasteiger partial charge in [-0.05, 0) is 25.0 Å². The molecule has 0 aliphatic carbocycles. The van der Waals surface area contributed by atoms with Gasteiger partial charge in [0.2, 0.25) is 0 Å². The van der Waals surface area contributed by atoms with E-state index in [1.807, 2.05) is 0 Å². The van der Waals surface area contributed by atoms with Crippen molar-refractivity contribution in [2.45, 2.75) is 26.9 Å². The fourth-order valence-corrected chi connectivity index (χ4v) is 3.29. The molecule has 0 spiro atoms. The zero-order chi connectivity index (χ0) is 19.4. The number of halogens is 1. The highest BCUT2D eigenvalue weighted by Crippen LogP contribution is 2.18. The van der Waals surface area contributed by atoms with Gasteiger partial charge in [0.15, 0.2) is 0 Å². The Hall–Kier alpha value is -2.25. The molecule has 0 radical (unpaired) electrons. The molecule has 3 rings (SSSR count). The van der Waals surface area contributed by atoms with Crippen LogP contribution in [0.5, 0.6) is 0 Å². The second-order valence-electron chi connectivity index (χ2n) is 7.25. The first kappa shape index (κ1) is 19.5. The molecule has 1 aliphatic heterocycles. The SMILES string of the molecule is Cc1c(C(=O)OCC2CN(CC(C)C)CCO2)cnn1-c1ccccc1F. The molecule has 0 amide bonds. The van der Waals surface area contributed by atoms with E-state index in [4.69, 9.17) is 9.47 Å². The topological polar surface area (TPSA) is 56.6 Å². The summed E-state index contributed by atoms with van der Waals surface area (Å²) in [5, 5.41) is 4.14. The fourth-order valence-electron chi connectivity index (χ4n) is 3.29. The smallest absolute Gasteiger partial charge is 0.341 e. The van der Waals surface area contributed by atoms with Crippen LogP contribution in [0.4, 0.5) is 4.39 Å². The van der Waals surface area contributed by atoms with Crippen molar-refractivity contribution in [3.8, 4) is 5.69 Å². The molecule has 1 saturated heterocycles. The van der Waals surface area contributed by atoms with Gasteiger partial charge in [0, 0.05) is 19.6 Å². The molecule has 1 unspecified atom stereocenters. The van der Waals surface area contributed by atoms with Crippen molar-refractivity contribution in [1.29, 1.82) is 0 Å². The number of hydrogen-bond donors (Lipinski definition) is 0. The number of benzene rings is 1. The number of carbonyl (C=O) groups is 1. The van der Waals surface area contributed by atoms with E-state index in [0.717, 1.165) is 19.6 Å². The van der Waals surface area contributed by atoms with Crippen LogP contribution in [0.3, 0.4) is 0 Å². The van der Waals surface area contributed by atoms with Gasteiger partial charge in [0.05, 0.1) is 18.5 Å². The molecule has 2 heterocycles. The molecular weight excluding hydrogens is 349 g/mol. The monoisotopic (exact) mass is 375 g/mol. The molecule has 7 heteroatoms. The Morgan fingerprint density at radius 2 is 2.19 bits per heavy atom. The number of morpholine rings is 1. The van der Waals surface area contributed by atoms with E-state index in [-0.39, 0.29) is 12.7 Å². The Bertz CT molecular complexity index is 791. The normalized spacial score (nSPS) is 18.0. The highest BCUT2D eigenvalue weighted by atomic mass is 19.1. The average Bonchev–Trinajstić information content (AvgIpc) is 3.01. The van der Waals surface area contributed by atoms with Crippen LogP contribution in [-0.4, -0.2) is 59.6 Å². The number of esters is 1. The molecule has 27 heavy (non-hydrogen) atoms. The first-order chi connectivity index (χ1) is 13.0. The van der Waals surface area contributed by atoms with E-state index >= 15 is 0 Å². The third-order valence-corrected chi connectivity index (χ3v) is 4.56. The molecule has 0 saturated carbocycles. The number of para-hydroxylation sites is 1. The van der Waals surface area contributed by atoms with Gasteiger partial charge in [0.25, 0.3) is 0 Å². The van der Waals surface area contributed by atoms with Gasteiger partial charge in [-0.15, -0.1) is 0 Å². The summed E-state index contributed by atoms with van der Waals surface area (Å²) in [6.45, 7) is 9.56. The lowest BCUT2D eigenvalue weighted by molar-refractivity contribution is -0.0612. The molecule has 146 valence electrons. The number of rotatable bonds is 6. The van der Waals surface area contributed by atoms with Crippen molar-refractivity contribution in [2.24, 2.45) is 5.92 Å². The number of aromatic nitrogens is 2. The summed E-state index contributed by atoms with van der Waals surface area (Å²) in [4.78, 5) is 14.8. The van der Waals surface area contributed by atoms with E-state index in [2.05, 4.69) is 23.8 Å². The highest BCUT2D eigenvalue weighted by Gasteiger charge is 2.24. The van der Waals surface area contributed by atoms with Gasteiger partial charge in [0.1, 0.15) is 29.8 Å². The maximum Gasteiger partial charge on any atom is 0.341 e. The molecule has 6 nitrogen and oxygen atoms in total. The predicted molar refractivity (Wildman–Crippen MR) is 99.6 cm³/mol. The van der Waals surface area contributed by atoms with E-state index < -0.39 is 11.8 Å². The molecular formula is C20H26FN3O3. The predicted octanol–water partition coefficient (Wildman–Crippen LogP) is 2.83. The third-order valence-electron chi connectivity index (χ3n) is 4.56. The minimum Gasteiger partial charge on any atom is -0.459 e. The van der Waals surface area contributed by atoms with Crippen LogP contribution in [0.1, 0.15) is 29.9 Å². The minimum atomic E-state index is -0.473. The largest absolute Gasteiger partial charge is 0.459 e. The van der Waals surface area contributed by atoms with E-state index in [1.54, 1.807) is 25.1 Å². The number of carbonyl (C=O) groups excluding carboxylic acids is 1. The molecule has 1 fully saturated rings. The van der Waals surface area contributed by atoms with E-state index in [9.17, 15) is 9.18 Å². The van der Waals surface area contributed by atoms with Gasteiger partial charge in [-0.25, -0.2) is 13.9 Å². The summed E-state index contributed by atoms with van der Waals surface area (Å²) < 4.78 is 26.5. The van der Waals surface area contributed by atoms with Gasteiger partial charge in [-0.3, -0.25) is 4.90 Å². The standard InChI is InChI=1S/C20H26FN3O3/c1-14(2)11-23-8-9-26-16(12-23)13-27-20(25)17-10-22-24(15(17)3)19-7-5-4-6-18(19)21/h4-7,10,14,16H,8-9,11-13H2,1-3H3. The number of nitrogens with zero attached hydrogens (tertiary/aromatic N) is 3. The zero-order valence-corrected chi connectivity index (χ0v) is 16.0. The van der Waals surface area contributed by atoms with Crippen molar-refractivity contribution >= 4 is 5.97 Å². The summed E-state index contributed by atoms with van der Waals surface area (Å²) in [6.07, 6.45) is 1.28. The summed E-state index contributed by atoms with van der Waals surface area (Å²) in [5.41, 5.74) is 1.16. The maximum absolute atomic E-state index is 14.0. The Kier molecular flexibility index (Phi) is 6.23. The first-order valence-corrected chi connectivity index (χ1v) is 9.26. The molecule has 0 bridgehead atoms. The molecule has 1 aromatic heterocycles. The van der Waals surface area contributed by atoms with Crippen LogP contribution in [0, 0.1) is 18.7 Å². The van der Waals surface area contributed by atoms with E-state index in [1.165, 1.54) is 16.9 Å². The van der Waals surface area contributed by atoms with E-state index in [0.29, 0.717) is 29.5 Å². The van der Waals surface area contributed by atoms with Crippen molar-refractivity contribution in [1.82, 2.24) is 14.7 Å². The molecule has 1 aliphatic rings. The molecule has 1 aromatic carbocycles. The Labute approximate surface area is 158 Å². The lowest BCUT2D eigenvalue weighted by Gasteiger charge is -2.33. The Morgan fingerprint density at radius 1 is 1.41 bits per heavy atom. The number of ether oxygens (including phenoxy) is 2. The number of hydrogen-bond acceptors (Lipinski definition) is 5. The molecule has 1 atom stereocenters. The van der Waals surface area contributed by atoms with Crippen molar-refractivity contribution in [2.75, 3.05) is 32.8 Å². The van der Waals surface area contributed by atoms with Crippen LogP contribution < -0.4 is 0 Å². The van der Waals surface area contributed by atoms with Crippen molar-refractivity contribution < 1.29 is 18.7 Å². The lowest BCUT2D eigenvalue weighted by atomic mass is 10.2. The van der Waals surface area contributed by atoms with Crippen molar-refractivity contribution in [3.05, 3.63) is 47.5 Å². The van der Waals surface area contributed by atoms with Crippen LogP contribution in [0.15, 0.2) is 30.5 Å². The molecule has 0 N–H and O–H groups in total. The summed E-state index contributed by atoms with van der Waals surface area (Å²) >= 11 is 0. The highest BCUT2D eigenvalue weighted by molar-refractivity contribution is 5.90. The van der Waals surface area contributed by atoms with Crippen LogP contribution in [0.2, 0.25) is 0 Å². The third kappa shape index (κ3) is 4.73. The van der Waals surface area contributed by atoms with Gasteiger partial charge >= 0.3 is 5.97 Å². The van der Waals surface area contributed by atoms with Crippen LogP contribution in [0.25, 0.3) is 5.69 Å². The summed E-state index contributed by atoms with van der Waals surface area (Å²) in [6, 6.07) is 6.31. The second-order valence-corrected chi connectivity index (χ2v) is 7.25. The minimum absolute atomic E-state index is 0.136. The van der Waals surface area contributed by atoms with Gasteiger partial charge in [-0.1, -0.05) is 26.0 Å².